The van der Waals surface area contributed by atoms with Crippen LogP contribution in [0.25, 0.3) is 0 Å². The zero-order valence-electron chi connectivity index (χ0n) is 27.0. The third-order valence-electron chi connectivity index (χ3n) is 6.72. The highest BCUT2D eigenvalue weighted by atomic mass is 16.2. The molecule has 1 aromatic carbocycles. The Morgan fingerprint density at radius 1 is 0.767 bits per heavy atom. The number of rotatable bonds is 19. The van der Waals surface area contributed by atoms with Crippen molar-refractivity contribution in [2.24, 2.45) is 11.7 Å². The number of carbonyl (C=O) groups is 5. The van der Waals surface area contributed by atoms with E-state index in [1.807, 2.05) is 44.2 Å². The van der Waals surface area contributed by atoms with Gasteiger partial charge >= 0.3 is 0 Å². The molecular formula is C31H54N7O5+. The second-order valence-electron chi connectivity index (χ2n) is 12.5. The van der Waals surface area contributed by atoms with E-state index in [2.05, 4.69) is 47.7 Å². The van der Waals surface area contributed by atoms with Crippen LogP contribution < -0.4 is 32.3 Å². The summed E-state index contributed by atoms with van der Waals surface area (Å²) in [6.45, 7) is 8.18. The van der Waals surface area contributed by atoms with E-state index in [0.717, 1.165) is 29.4 Å². The van der Waals surface area contributed by atoms with Crippen molar-refractivity contribution in [2.75, 3.05) is 40.8 Å². The van der Waals surface area contributed by atoms with Crippen LogP contribution in [0.3, 0.4) is 0 Å². The van der Waals surface area contributed by atoms with E-state index in [-0.39, 0.29) is 37.2 Å². The van der Waals surface area contributed by atoms with E-state index in [1.54, 1.807) is 0 Å². The van der Waals surface area contributed by atoms with Crippen LogP contribution in [0.1, 0.15) is 58.9 Å². The van der Waals surface area contributed by atoms with Gasteiger partial charge in [0.05, 0.1) is 27.7 Å². The fraction of sp³-hybridized carbons (Fsp3) is 0.645. The minimum Gasteiger partial charge on any atom is -0.353 e. The third-order valence-corrected chi connectivity index (χ3v) is 6.72. The lowest BCUT2D eigenvalue weighted by Crippen LogP contribution is -2.58. The molecule has 1 rings (SSSR count). The maximum atomic E-state index is 13.4. The number of quaternary nitrogens is 1. The minimum atomic E-state index is -0.985. The van der Waals surface area contributed by atoms with Crippen molar-refractivity contribution in [1.29, 1.82) is 0 Å². The minimum absolute atomic E-state index is 0.0602. The van der Waals surface area contributed by atoms with Crippen molar-refractivity contribution in [3.8, 4) is 0 Å². The molecule has 0 saturated carbocycles. The molecule has 5 amide bonds. The highest BCUT2D eigenvalue weighted by molar-refractivity contribution is 5.95. The number of benzene rings is 1. The lowest BCUT2D eigenvalue weighted by molar-refractivity contribution is -0.870. The second kappa shape index (κ2) is 18.9. The Labute approximate surface area is 256 Å². The molecule has 1 aromatic rings. The van der Waals surface area contributed by atoms with Gasteiger partial charge in [-0.2, -0.15) is 0 Å². The summed E-state index contributed by atoms with van der Waals surface area (Å²) >= 11 is 0. The smallest absolute Gasteiger partial charge is 0.243 e. The first kappa shape index (κ1) is 37.5. The standard InChI is InChI=1S/C31H53N7O5/c1-21(2)19-26(31(43)36-25(29(41)33-17-16-32)15-11-12-18-38(5,6)7)37-28(40)22(3)34-30(42)27(35-23(4)39)20-24-13-9-8-10-14-24/h8-10,13-14,21-22,25-27H,11-12,15-20,32H2,1-7H3,(H4-,33,34,35,36,37,39,40,41,42,43)/p+1/t22-,25-,26-,27-/m0/s1. The van der Waals surface area contributed by atoms with Crippen LogP contribution in [0, 0.1) is 5.92 Å². The molecule has 0 saturated heterocycles. The van der Waals surface area contributed by atoms with Crippen LogP contribution in [0.4, 0.5) is 0 Å². The highest BCUT2D eigenvalue weighted by Gasteiger charge is 2.30. The predicted molar refractivity (Wildman–Crippen MR) is 167 cm³/mol. The number of nitrogens with two attached hydrogens (primary N) is 1. The monoisotopic (exact) mass is 604 g/mol. The summed E-state index contributed by atoms with van der Waals surface area (Å²) < 4.78 is 0.797. The van der Waals surface area contributed by atoms with Crippen molar-refractivity contribution in [3.05, 3.63) is 35.9 Å². The average Bonchev–Trinajstić information content (AvgIpc) is 2.91. The van der Waals surface area contributed by atoms with Gasteiger partial charge in [0.2, 0.25) is 29.5 Å². The maximum absolute atomic E-state index is 13.4. The third kappa shape index (κ3) is 16.1. The molecule has 0 fully saturated rings. The molecule has 0 radical (unpaired) electrons. The van der Waals surface area contributed by atoms with Gasteiger partial charge < -0.3 is 36.8 Å². The van der Waals surface area contributed by atoms with Crippen molar-refractivity contribution in [3.63, 3.8) is 0 Å². The second-order valence-corrected chi connectivity index (χ2v) is 12.5. The van der Waals surface area contributed by atoms with Crippen molar-refractivity contribution < 1.29 is 28.5 Å². The van der Waals surface area contributed by atoms with Crippen LogP contribution in [-0.4, -0.2) is 99.0 Å². The largest absolute Gasteiger partial charge is 0.353 e. The van der Waals surface area contributed by atoms with E-state index in [0.29, 0.717) is 12.8 Å². The van der Waals surface area contributed by atoms with Crippen LogP contribution in [0.2, 0.25) is 0 Å². The van der Waals surface area contributed by atoms with Crippen molar-refractivity contribution in [1.82, 2.24) is 26.6 Å². The average molecular weight is 605 g/mol. The fourth-order valence-electron chi connectivity index (χ4n) is 4.48. The summed E-state index contributed by atoms with van der Waals surface area (Å²) in [5.41, 5.74) is 6.40. The quantitative estimate of drug-likeness (QED) is 0.0973. The van der Waals surface area contributed by atoms with Gasteiger partial charge in [-0.1, -0.05) is 44.2 Å². The van der Waals surface area contributed by atoms with Gasteiger partial charge in [0.15, 0.2) is 0 Å². The molecule has 0 aromatic heterocycles. The Morgan fingerprint density at radius 2 is 1.37 bits per heavy atom. The molecule has 0 bridgehead atoms. The number of carbonyl (C=O) groups excluding carboxylic acids is 5. The SMILES string of the molecule is CC(=O)N[C@@H](Cc1ccccc1)C(=O)N[C@@H](C)C(=O)N[C@@H](CC(C)C)C(=O)N[C@@H](CCCC[N+](C)(C)C)C(=O)NCCN. The molecule has 43 heavy (non-hydrogen) atoms. The Kier molecular flexibility index (Phi) is 16.5. The molecule has 0 aliphatic heterocycles. The van der Waals surface area contributed by atoms with Gasteiger partial charge in [0, 0.05) is 26.4 Å². The molecule has 12 heteroatoms. The number of amides is 5. The maximum Gasteiger partial charge on any atom is 0.243 e. The predicted octanol–water partition coefficient (Wildman–Crippen LogP) is 0.206. The van der Waals surface area contributed by atoms with Gasteiger partial charge in [-0.15, -0.1) is 0 Å². The highest BCUT2D eigenvalue weighted by Crippen LogP contribution is 2.09. The van der Waals surface area contributed by atoms with Gasteiger partial charge in [-0.05, 0) is 44.1 Å². The van der Waals surface area contributed by atoms with Crippen molar-refractivity contribution >= 4 is 29.5 Å². The number of hydrogen-bond acceptors (Lipinski definition) is 6. The number of nitrogens with zero attached hydrogens (tertiary/aromatic N) is 1. The van der Waals surface area contributed by atoms with Crippen LogP contribution >= 0.6 is 0 Å². The first-order valence-electron chi connectivity index (χ1n) is 15.1. The molecule has 7 N–H and O–H groups in total. The summed E-state index contributed by atoms with van der Waals surface area (Å²) in [6.07, 6.45) is 2.65. The molecule has 12 nitrogen and oxygen atoms in total. The number of nitrogens with one attached hydrogen (secondary N) is 5. The van der Waals surface area contributed by atoms with E-state index >= 15 is 0 Å². The molecule has 4 atom stereocenters. The Bertz CT molecular complexity index is 1040. The Hall–Kier alpha value is -3.51. The van der Waals surface area contributed by atoms with E-state index < -0.39 is 41.9 Å². The number of hydrogen-bond donors (Lipinski definition) is 6. The summed E-state index contributed by atoms with van der Waals surface area (Å²) in [5.74, 6) is -2.17. The molecule has 0 spiro atoms. The topological polar surface area (TPSA) is 172 Å². The van der Waals surface area contributed by atoms with E-state index in [4.69, 9.17) is 5.73 Å². The van der Waals surface area contributed by atoms with Gasteiger partial charge in [0.1, 0.15) is 24.2 Å². The first-order chi connectivity index (χ1) is 20.1. The normalized spacial score (nSPS) is 14.2. The van der Waals surface area contributed by atoms with Gasteiger partial charge in [-0.3, -0.25) is 24.0 Å². The van der Waals surface area contributed by atoms with Crippen LogP contribution in [0.15, 0.2) is 30.3 Å². The Balaban J connectivity index is 2.93. The lowest BCUT2D eigenvalue weighted by Gasteiger charge is -2.27. The zero-order valence-corrected chi connectivity index (χ0v) is 27.0. The molecule has 0 aliphatic rings. The van der Waals surface area contributed by atoms with Gasteiger partial charge in [0.25, 0.3) is 0 Å². The first-order valence-corrected chi connectivity index (χ1v) is 15.1. The van der Waals surface area contributed by atoms with Crippen LogP contribution in [-0.2, 0) is 30.4 Å². The molecule has 0 aliphatic carbocycles. The molecule has 242 valence electrons. The Morgan fingerprint density at radius 3 is 1.93 bits per heavy atom. The summed E-state index contributed by atoms with van der Waals surface area (Å²) in [5, 5.41) is 13.6. The zero-order chi connectivity index (χ0) is 32.6. The van der Waals surface area contributed by atoms with E-state index in [9.17, 15) is 24.0 Å². The molecule has 0 unspecified atom stereocenters. The lowest BCUT2D eigenvalue weighted by atomic mass is 10.0. The summed E-state index contributed by atoms with van der Waals surface area (Å²) in [6, 6.07) is 5.67. The fourth-order valence-corrected chi connectivity index (χ4v) is 4.48. The van der Waals surface area contributed by atoms with Crippen LogP contribution in [0.5, 0.6) is 0 Å². The van der Waals surface area contributed by atoms with Crippen molar-refractivity contribution in [2.45, 2.75) is 84.0 Å². The van der Waals surface area contributed by atoms with E-state index in [1.165, 1.54) is 13.8 Å². The number of unbranched alkanes of at least 4 members (excludes halogenated alkanes) is 1. The van der Waals surface area contributed by atoms with Gasteiger partial charge in [-0.25, -0.2) is 0 Å². The molecule has 0 heterocycles. The summed E-state index contributed by atoms with van der Waals surface area (Å²) in [4.78, 5) is 64.2. The summed E-state index contributed by atoms with van der Waals surface area (Å²) in [7, 11) is 6.29. The molecular weight excluding hydrogens is 550 g/mol.